The smallest absolute Gasteiger partial charge is 0.187 e. The molecule has 1 fully saturated rings. The van der Waals surface area contributed by atoms with E-state index in [-0.39, 0.29) is 0 Å². The lowest BCUT2D eigenvalue weighted by Crippen LogP contribution is -2.60. The minimum atomic E-state index is -1.45. The Balaban J connectivity index is 2.04. The molecule has 0 aromatic carbocycles. The molecule has 6 atom stereocenters. The van der Waals surface area contributed by atoms with E-state index in [9.17, 15) is 20.4 Å². The Bertz CT molecular complexity index is 718. The minimum Gasteiger partial charge on any atom is -0.394 e. The van der Waals surface area contributed by atoms with Crippen molar-refractivity contribution in [3.63, 3.8) is 0 Å². The average Bonchev–Trinajstić information content (AvgIpc) is 2.73. The van der Waals surface area contributed by atoms with Gasteiger partial charge in [-0.25, -0.2) is 0 Å². The van der Waals surface area contributed by atoms with Crippen LogP contribution in [0.15, 0.2) is 47.1 Å². The zero-order chi connectivity index (χ0) is 23.9. The Morgan fingerprint density at radius 1 is 1.09 bits per heavy atom. The summed E-state index contributed by atoms with van der Waals surface area (Å²) in [7, 11) is 0. The van der Waals surface area contributed by atoms with Crippen LogP contribution in [0.2, 0.25) is 0 Å². The number of aliphatic hydroxyl groups excluding tert-OH is 4. The summed E-state index contributed by atoms with van der Waals surface area (Å²) in [4.78, 5) is 0. The highest BCUT2D eigenvalue weighted by atomic mass is 16.7. The Hall–Kier alpha value is -1.28. The van der Waals surface area contributed by atoms with Crippen molar-refractivity contribution >= 4 is 0 Å². The van der Waals surface area contributed by atoms with Gasteiger partial charge in [0, 0.05) is 0 Å². The lowest BCUT2D eigenvalue weighted by Gasteiger charge is -2.42. The van der Waals surface area contributed by atoms with E-state index in [0.29, 0.717) is 5.92 Å². The fraction of sp³-hybridized carbons (Fsp3) is 0.692. The lowest BCUT2D eigenvalue weighted by atomic mass is 9.88. The molecule has 4 N–H and O–H groups in total. The molecule has 0 aromatic heterocycles. The molecule has 0 aromatic rings. The SMILES string of the molecule is C/C1=C\C[C@@H](/C(C)=C/C=C/C(C)(C)O[C@@H]2O[C@H](CO)[C@H](O)[C@H](O)[C@H]2O)CC/C(C)=C/CC1. The summed E-state index contributed by atoms with van der Waals surface area (Å²) in [6.07, 6.45) is 9.79. The number of allylic oxidation sites excluding steroid dienone is 7. The van der Waals surface area contributed by atoms with Crippen molar-refractivity contribution in [1.29, 1.82) is 0 Å². The monoisotopic (exact) mass is 450 g/mol. The number of rotatable bonds is 6. The topological polar surface area (TPSA) is 99.4 Å². The van der Waals surface area contributed by atoms with Gasteiger partial charge in [-0.05, 0) is 72.6 Å². The largest absolute Gasteiger partial charge is 0.394 e. The van der Waals surface area contributed by atoms with Gasteiger partial charge in [-0.2, -0.15) is 0 Å². The Morgan fingerprint density at radius 2 is 1.78 bits per heavy atom. The zero-order valence-corrected chi connectivity index (χ0v) is 20.2. The van der Waals surface area contributed by atoms with Crippen LogP contribution in [0.1, 0.15) is 66.7 Å². The maximum atomic E-state index is 10.2. The standard InChI is InChI=1S/C26H42O6/c1-17-8-6-9-18(2)12-14-20(13-11-17)19(3)10-7-15-26(4,5)32-25-24(30)23(29)22(28)21(16-27)31-25/h7-8,10,12,15,20-25,27-30H,6,9,11,13-14,16H2,1-5H3/b15-7+,17-8+,18-12+,19-10+/t20-,21+,22-,23-,24+,25-/m0/s1. The maximum Gasteiger partial charge on any atom is 0.187 e. The molecular formula is C26H42O6. The van der Waals surface area contributed by atoms with Gasteiger partial charge in [0.25, 0.3) is 0 Å². The molecule has 6 nitrogen and oxygen atoms in total. The number of hydrogen-bond acceptors (Lipinski definition) is 6. The highest BCUT2D eigenvalue weighted by molar-refractivity contribution is 5.18. The molecule has 1 aliphatic heterocycles. The summed E-state index contributed by atoms with van der Waals surface area (Å²) >= 11 is 0. The van der Waals surface area contributed by atoms with E-state index in [1.54, 1.807) is 0 Å². The van der Waals surface area contributed by atoms with Gasteiger partial charge in [0.15, 0.2) is 6.29 Å². The van der Waals surface area contributed by atoms with E-state index in [4.69, 9.17) is 9.47 Å². The molecule has 1 heterocycles. The van der Waals surface area contributed by atoms with Gasteiger partial charge in [0.05, 0.1) is 12.2 Å². The van der Waals surface area contributed by atoms with Crippen LogP contribution in [0.5, 0.6) is 0 Å². The van der Waals surface area contributed by atoms with Crippen molar-refractivity contribution in [2.24, 2.45) is 5.92 Å². The Morgan fingerprint density at radius 3 is 2.47 bits per heavy atom. The fourth-order valence-corrected chi connectivity index (χ4v) is 4.10. The van der Waals surface area contributed by atoms with E-state index in [0.717, 1.165) is 32.1 Å². The first-order chi connectivity index (χ1) is 15.0. The summed E-state index contributed by atoms with van der Waals surface area (Å²) in [5.41, 5.74) is 3.42. The van der Waals surface area contributed by atoms with E-state index in [1.165, 1.54) is 16.7 Å². The molecule has 0 bridgehead atoms. The van der Waals surface area contributed by atoms with E-state index in [2.05, 4.69) is 39.0 Å². The van der Waals surface area contributed by atoms with Crippen molar-refractivity contribution in [3.8, 4) is 0 Å². The van der Waals surface area contributed by atoms with Crippen LogP contribution in [0.25, 0.3) is 0 Å². The molecule has 6 heteroatoms. The molecule has 0 saturated carbocycles. The summed E-state index contributed by atoms with van der Waals surface area (Å²) in [5.74, 6) is 0.477. The maximum absolute atomic E-state index is 10.2. The molecule has 182 valence electrons. The second-order valence-corrected chi connectivity index (χ2v) is 9.80. The quantitative estimate of drug-likeness (QED) is 0.365. The molecule has 0 radical (unpaired) electrons. The van der Waals surface area contributed by atoms with Gasteiger partial charge in [0.1, 0.15) is 24.4 Å². The molecule has 0 unspecified atom stereocenters. The molecular weight excluding hydrogens is 408 g/mol. The van der Waals surface area contributed by atoms with Gasteiger partial charge in [-0.3, -0.25) is 0 Å². The molecule has 2 rings (SSSR count). The molecule has 0 amide bonds. The van der Waals surface area contributed by atoms with Gasteiger partial charge < -0.3 is 29.9 Å². The van der Waals surface area contributed by atoms with Crippen LogP contribution >= 0.6 is 0 Å². The zero-order valence-electron chi connectivity index (χ0n) is 20.2. The van der Waals surface area contributed by atoms with Crippen LogP contribution in [0.3, 0.4) is 0 Å². The first-order valence-electron chi connectivity index (χ1n) is 11.7. The number of aliphatic hydroxyl groups is 4. The van der Waals surface area contributed by atoms with Gasteiger partial charge in [0.2, 0.25) is 0 Å². The minimum absolute atomic E-state index is 0.477. The number of hydrogen-bond donors (Lipinski definition) is 4. The molecule has 0 spiro atoms. The second kappa shape index (κ2) is 12.3. The van der Waals surface area contributed by atoms with Crippen molar-refractivity contribution in [2.45, 2.75) is 103 Å². The molecule has 1 aliphatic carbocycles. The first kappa shape index (κ1) is 27.0. The third-order valence-electron chi connectivity index (χ3n) is 6.44. The summed E-state index contributed by atoms with van der Waals surface area (Å²) in [5, 5.41) is 39.5. The van der Waals surface area contributed by atoms with E-state index in [1.807, 2.05) is 26.0 Å². The second-order valence-electron chi connectivity index (χ2n) is 9.80. The van der Waals surface area contributed by atoms with Gasteiger partial charge in [-0.1, -0.05) is 47.1 Å². The lowest BCUT2D eigenvalue weighted by molar-refractivity contribution is -0.317. The third kappa shape index (κ3) is 7.94. The van der Waals surface area contributed by atoms with Crippen LogP contribution in [-0.2, 0) is 9.47 Å². The van der Waals surface area contributed by atoms with Crippen molar-refractivity contribution < 1.29 is 29.9 Å². The van der Waals surface area contributed by atoms with Gasteiger partial charge in [-0.15, -0.1) is 0 Å². The highest BCUT2D eigenvalue weighted by Crippen LogP contribution is 2.28. The predicted octanol–water partition coefficient (Wildman–Crippen LogP) is 3.56. The highest BCUT2D eigenvalue weighted by Gasteiger charge is 2.45. The Kier molecular flexibility index (Phi) is 10.3. The van der Waals surface area contributed by atoms with Crippen LogP contribution in [0, 0.1) is 5.92 Å². The molecule has 2 aliphatic rings. The first-order valence-corrected chi connectivity index (χ1v) is 11.7. The average molecular weight is 451 g/mol. The van der Waals surface area contributed by atoms with Crippen molar-refractivity contribution in [2.75, 3.05) is 6.61 Å². The predicted molar refractivity (Wildman–Crippen MR) is 126 cm³/mol. The fourth-order valence-electron chi connectivity index (χ4n) is 4.10. The van der Waals surface area contributed by atoms with E-state index >= 15 is 0 Å². The third-order valence-corrected chi connectivity index (χ3v) is 6.44. The summed E-state index contributed by atoms with van der Waals surface area (Å²) in [6.45, 7) is 9.77. The summed E-state index contributed by atoms with van der Waals surface area (Å²) in [6, 6.07) is 0. The molecule has 32 heavy (non-hydrogen) atoms. The van der Waals surface area contributed by atoms with Gasteiger partial charge >= 0.3 is 0 Å². The summed E-state index contributed by atoms with van der Waals surface area (Å²) < 4.78 is 11.3. The van der Waals surface area contributed by atoms with Crippen LogP contribution < -0.4 is 0 Å². The van der Waals surface area contributed by atoms with E-state index < -0.39 is 42.9 Å². The Labute approximate surface area is 192 Å². The van der Waals surface area contributed by atoms with Crippen LogP contribution in [-0.4, -0.2) is 63.3 Å². The van der Waals surface area contributed by atoms with Crippen LogP contribution in [0.4, 0.5) is 0 Å². The normalized spacial score (nSPS) is 37.0. The van der Waals surface area contributed by atoms with Crippen molar-refractivity contribution in [1.82, 2.24) is 0 Å². The van der Waals surface area contributed by atoms with Crippen molar-refractivity contribution in [3.05, 3.63) is 47.1 Å². The number of ether oxygens (including phenoxy) is 2. The molecule has 1 saturated heterocycles.